The van der Waals surface area contributed by atoms with Gasteiger partial charge in [-0.25, -0.2) is 0 Å². The van der Waals surface area contributed by atoms with Crippen LogP contribution in [0.5, 0.6) is 11.5 Å². The van der Waals surface area contributed by atoms with Gasteiger partial charge in [-0.3, -0.25) is 4.79 Å². The molecule has 5 heteroatoms. The summed E-state index contributed by atoms with van der Waals surface area (Å²) in [5, 5.41) is 0. The molecule has 106 valence electrons. The highest BCUT2D eigenvalue weighted by Crippen LogP contribution is 2.29. The summed E-state index contributed by atoms with van der Waals surface area (Å²) in [6.07, 6.45) is 0.218. The highest BCUT2D eigenvalue weighted by Gasteiger charge is 2.16. The van der Waals surface area contributed by atoms with Crippen molar-refractivity contribution in [2.24, 2.45) is 0 Å². The third-order valence-electron chi connectivity index (χ3n) is 2.12. The van der Waals surface area contributed by atoms with Crippen molar-refractivity contribution in [3.8, 4) is 11.5 Å². The maximum absolute atomic E-state index is 11.5. The second-order valence-electron chi connectivity index (χ2n) is 4.98. The minimum atomic E-state index is -0.461. The van der Waals surface area contributed by atoms with Gasteiger partial charge in [-0.1, -0.05) is 0 Å². The number of carbonyl (C=O) groups excluding carboxylic acids is 1. The quantitative estimate of drug-likeness (QED) is 0.774. The molecule has 0 amide bonds. The van der Waals surface area contributed by atoms with Crippen LogP contribution in [0.25, 0.3) is 0 Å². The monoisotopic (exact) mass is 330 g/mol. The van der Waals surface area contributed by atoms with Gasteiger partial charge in [-0.15, -0.1) is 0 Å². The van der Waals surface area contributed by atoms with Gasteiger partial charge in [-0.2, -0.15) is 0 Å². The summed E-state index contributed by atoms with van der Waals surface area (Å²) in [5.41, 5.74) is -0.461. The third kappa shape index (κ3) is 5.96. The first-order valence-electron chi connectivity index (χ1n) is 6.00. The molecule has 0 bridgehead atoms. The van der Waals surface area contributed by atoms with E-state index in [2.05, 4.69) is 15.9 Å². The number of benzene rings is 1. The molecule has 0 aliphatic heterocycles. The van der Waals surface area contributed by atoms with Crippen LogP contribution in [0.15, 0.2) is 22.7 Å². The van der Waals surface area contributed by atoms with Gasteiger partial charge in [0.2, 0.25) is 0 Å². The van der Waals surface area contributed by atoms with Gasteiger partial charge in [0.05, 0.1) is 24.6 Å². The second kappa shape index (κ2) is 6.80. The van der Waals surface area contributed by atoms with Crippen LogP contribution in [-0.4, -0.2) is 25.3 Å². The predicted octanol–water partition coefficient (Wildman–Crippen LogP) is 3.57. The number of rotatable bonds is 5. The minimum absolute atomic E-state index is 0.218. The van der Waals surface area contributed by atoms with Gasteiger partial charge in [-0.05, 0) is 54.9 Å². The Morgan fingerprint density at radius 2 is 2.00 bits per heavy atom. The van der Waals surface area contributed by atoms with E-state index in [1.165, 1.54) is 0 Å². The van der Waals surface area contributed by atoms with E-state index in [1.807, 2.05) is 26.8 Å². The Morgan fingerprint density at radius 1 is 1.32 bits per heavy atom. The van der Waals surface area contributed by atoms with Crippen molar-refractivity contribution < 1.29 is 19.0 Å². The summed E-state index contributed by atoms with van der Waals surface area (Å²) in [5.74, 6) is 1.15. The Hall–Kier alpha value is -1.23. The van der Waals surface area contributed by atoms with E-state index in [4.69, 9.17) is 14.2 Å². The Labute approximate surface area is 122 Å². The molecule has 1 aromatic carbocycles. The Balaban J connectivity index is 2.43. The van der Waals surface area contributed by atoms with E-state index < -0.39 is 5.60 Å². The topological polar surface area (TPSA) is 44.8 Å². The number of halogens is 1. The zero-order chi connectivity index (χ0) is 14.5. The molecule has 0 atom stereocenters. The average molecular weight is 331 g/mol. The number of methoxy groups -OCH3 is 1. The van der Waals surface area contributed by atoms with Crippen LogP contribution < -0.4 is 9.47 Å². The average Bonchev–Trinajstić information content (AvgIpc) is 2.28. The molecule has 0 saturated heterocycles. The lowest BCUT2D eigenvalue weighted by molar-refractivity contribution is -0.155. The van der Waals surface area contributed by atoms with E-state index >= 15 is 0 Å². The molecule has 0 heterocycles. The molecule has 0 saturated carbocycles. The van der Waals surface area contributed by atoms with Gasteiger partial charge in [0.1, 0.15) is 17.1 Å². The molecule has 0 unspecified atom stereocenters. The number of carbonyl (C=O) groups is 1. The maximum Gasteiger partial charge on any atom is 0.309 e. The van der Waals surface area contributed by atoms with Crippen molar-refractivity contribution in [2.45, 2.75) is 32.8 Å². The van der Waals surface area contributed by atoms with Crippen LogP contribution in [0.2, 0.25) is 0 Å². The second-order valence-corrected chi connectivity index (χ2v) is 5.84. The van der Waals surface area contributed by atoms with Crippen LogP contribution in [-0.2, 0) is 9.53 Å². The van der Waals surface area contributed by atoms with Gasteiger partial charge in [0.15, 0.2) is 0 Å². The molecular weight excluding hydrogens is 312 g/mol. The Kier molecular flexibility index (Phi) is 5.66. The van der Waals surface area contributed by atoms with Crippen molar-refractivity contribution in [1.82, 2.24) is 0 Å². The summed E-state index contributed by atoms with van der Waals surface area (Å²) in [6, 6.07) is 5.40. The zero-order valence-electron chi connectivity index (χ0n) is 11.7. The smallest absolute Gasteiger partial charge is 0.309 e. The normalized spacial score (nSPS) is 11.0. The summed E-state index contributed by atoms with van der Waals surface area (Å²) in [6.45, 7) is 5.79. The summed E-state index contributed by atoms with van der Waals surface area (Å²) >= 11 is 3.38. The molecule has 1 rings (SSSR count). The van der Waals surface area contributed by atoms with E-state index in [1.54, 1.807) is 19.2 Å². The number of ether oxygens (including phenoxy) is 3. The van der Waals surface area contributed by atoms with E-state index in [9.17, 15) is 4.79 Å². The standard InChI is InChI=1S/C14H19BrO4/c1-14(2,3)19-13(16)7-8-18-12-6-5-10(17-4)9-11(12)15/h5-6,9H,7-8H2,1-4H3. The van der Waals surface area contributed by atoms with E-state index in [0.29, 0.717) is 5.75 Å². The van der Waals surface area contributed by atoms with Crippen molar-refractivity contribution in [2.75, 3.05) is 13.7 Å². The molecule has 0 radical (unpaired) electrons. The van der Waals surface area contributed by atoms with Crippen LogP contribution in [0.4, 0.5) is 0 Å². The highest BCUT2D eigenvalue weighted by molar-refractivity contribution is 9.10. The van der Waals surface area contributed by atoms with Gasteiger partial charge >= 0.3 is 5.97 Å². The minimum Gasteiger partial charge on any atom is -0.497 e. The molecule has 0 aliphatic carbocycles. The van der Waals surface area contributed by atoms with Crippen LogP contribution >= 0.6 is 15.9 Å². The molecular formula is C14H19BrO4. The van der Waals surface area contributed by atoms with Crippen LogP contribution in [0.3, 0.4) is 0 Å². The molecule has 1 aromatic rings. The molecule has 0 spiro atoms. The SMILES string of the molecule is COc1ccc(OCCC(=O)OC(C)(C)C)c(Br)c1. The maximum atomic E-state index is 11.5. The largest absolute Gasteiger partial charge is 0.497 e. The summed E-state index contributed by atoms with van der Waals surface area (Å²) in [4.78, 5) is 11.5. The summed E-state index contributed by atoms with van der Waals surface area (Å²) < 4.78 is 16.6. The fourth-order valence-electron chi connectivity index (χ4n) is 1.36. The van der Waals surface area contributed by atoms with Gasteiger partial charge < -0.3 is 14.2 Å². The Morgan fingerprint density at radius 3 is 2.53 bits per heavy atom. The first-order chi connectivity index (χ1) is 8.81. The van der Waals surface area contributed by atoms with Crippen LogP contribution in [0, 0.1) is 0 Å². The van der Waals surface area contributed by atoms with Crippen LogP contribution in [0.1, 0.15) is 27.2 Å². The fourth-order valence-corrected chi connectivity index (χ4v) is 1.83. The Bertz CT molecular complexity index is 438. The predicted molar refractivity (Wildman–Crippen MR) is 76.7 cm³/mol. The van der Waals surface area contributed by atoms with Crippen molar-refractivity contribution >= 4 is 21.9 Å². The lowest BCUT2D eigenvalue weighted by Crippen LogP contribution is -2.24. The molecule has 0 N–H and O–H groups in total. The molecule has 19 heavy (non-hydrogen) atoms. The highest BCUT2D eigenvalue weighted by atomic mass is 79.9. The molecule has 0 aromatic heterocycles. The zero-order valence-corrected chi connectivity index (χ0v) is 13.2. The third-order valence-corrected chi connectivity index (χ3v) is 2.74. The number of hydrogen-bond acceptors (Lipinski definition) is 4. The first kappa shape index (κ1) is 15.8. The molecule has 4 nitrogen and oxygen atoms in total. The van der Waals surface area contributed by atoms with Crippen molar-refractivity contribution in [3.63, 3.8) is 0 Å². The first-order valence-corrected chi connectivity index (χ1v) is 6.79. The molecule has 0 fully saturated rings. The number of hydrogen-bond donors (Lipinski definition) is 0. The van der Waals surface area contributed by atoms with E-state index in [-0.39, 0.29) is 19.0 Å². The lowest BCUT2D eigenvalue weighted by atomic mass is 10.2. The lowest BCUT2D eigenvalue weighted by Gasteiger charge is -2.19. The number of esters is 1. The molecule has 0 aliphatic rings. The van der Waals surface area contributed by atoms with Crippen molar-refractivity contribution in [1.29, 1.82) is 0 Å². The summed E-state index contributed by atoms with van der Waals surface area (Å²) in [7, 11) is 1.60. The van der Waals surface area contributed by atoms with Gasteiger partial charge in [0, 0.05) is 0 Å². The van der Waals surface area contributed by atoms with Gasteiger partial charge in [0.25, 0.3) is 0 Å². The fraction of sp³-hybridized carbons (Fsp3) is 0.500. The van der Waals surface area contributed by atoms with Crippen molar-refractivity contribution in [3.05, 3.63) is 22.7 Å². The van der Waals surface area contributed by atoms with E-state index in [0.717, 1.165) is 10.2 Å².